The zero-order valence-corrected chi connectivity index (χ0v) is 17.3. The van der Waals surface area contributed by atoms with Gasteiger partial charge in [0.25, 0.3) is 0 Å². The van der Waals surface area contributed by atoms with Crippen LogP contribution in [0.5, 0.6) is 0 Å². The van der Waals surface area contributed by atoms with Gasteiger partial charge in [-0.3, -0.25) is 9.59 Å². The molecule has 1 atom stereocenters. The van der Waals surface area contributed by atoms with Crippen LogP contribution in [0.1, 0.15) is 30.3 Å². The number of hydrogen-bond acceptors (Lipinski definition) is 5. The lowest BCUT2D eigenvalue weighted by Crippen LogP contribution is -2.48. The second kappa shape index (κ2) is 8.49. The van der Waals surface area contributed by atoms with Gasteiger partial charge in [-0.2, -0.15) is 0 Å². The van der Waals surface area contributed by atoms with Crippen LogP contribution in [0, 0.1) is 11.7 Å². The van der Waals surface area contributed by atoms with Crippen molar-refractivity contribution in [3.05, 3.63) is 40.7 Å². The Labute approximate surface area is 173 Å². The largest absolute Gasteiger partial charge is 0.345 e. The van der Waals surface area contributed by atoms with Crippen LogP contribution in [0.25, 0.3) is 0 Å². The lowest BCUT2D eigenvalue weighted by Gasteiger charge is -2.34. The Kier molecular flexibility index (Phi) is 5.80. The van der Waals surface area contributed by atoms with Gasteiger partial charge in [-0.05, 0) is 31.4 Å². The van der Waals surface area contributed by atoms with E-state index in [9.17, 15) is 14.0 Å². The summed E-state index contributed by atoms with van der Waals surface area (Å²) in [5, 5.41) is 3.70. The molecule has 29 heavy (non-hydrogen) atoms. The summed E-state index contributed by atoms with van der Waals surface area (Å²) in [6.07, 6.45) is 2.66. The SMILES string of the molecule is CCC(=O)N1CCN(c2nc3c(s2)C[C@H](C(=O)Nc2ccccc2F)CC3)CC1. The molecule has 0 radical (unpaired) electrons. The molecule has 0 saturated carbocycles. The van der Waals surface area contributed by atoms with Crippen molar-refractivity contribution in [2.75, 3.05) is 36.4 Å². The summed E-state index contributed by atoms with van der Waals surface area (Å²) in [6, 6.07) is 6.24. The number of carbonyl (C=O) groups excluding carboxylic acids is 2. The highest BCUT2D eigenvalue weighted by Crippen LogP contribution is 2.35. The predicted molar refractivity (Wildman–Crippen MR) is 112 cm³/mol. The van der Waals surface area contributed by atoms with Gasteiger partial charge in [0.2, 0.25) is 11.8 Å². The number of anilines is 2. The topological polar surface area (TPSA) is 65.5 Å². The molecule has 6 nitrogen and oxygen atoms in total. The Balaban J connectivity index is 1.38. The molecule has 1 aliphatic heterocycles. The lowest BCUT2D eigenvalue weighted by atomic mass is 9.90. The maximum absolute atomic E-state index is 13.8. The number of rotatable bonds is 4. The predicted octanol–water partition coefficient (Wildman–Crippen LogP) is 3.08. The van der Waals surface area contributed by atoms with E-state index in [2.05, 4.69) is 10.2 Å². The Morgan fingerprint density at radius 1 is 1.24 bits per heavy atom. The van der Waals surface area contributed by atoms with E-state index in [4.69, 9.17) is 4.98 Å². The number of carbonyl (C=O) groups is 2. The van der Waals surface area contributed by atoms with Gasteiger partial charge in [0.05, 0.1) is 11.4 Å². The van der Waals surface area contributed by atoms with Crippen molar-refractivity contribution in [2.24, 2.45) is 5.92 Å². The fraction of sp³-hybridized carbons (Fsp3) is 0.476. The van der Waals surface area contributed by atoms with Crippen LogP contribution in [0.2, 0.25) is 0 Å². The molecule has 2 aromatic rings. The minimum atomic E-state index is -0.418. The molecular formula is C21H25FN4O2S. The van der Waals surface area contributed by atoms with Crippen molar-refractivity contribution in [1.29, 1.82) is 0 Å². The molecule has 1 saturated heterocycles. The molecule has 8 heteroatoms. The second-order valence-electron chi connectivity index (χ2n) is 7.50. The number of amides is 2. The number of para-hydroxylation sites is 1. The Hall–Kier alpha value is -2.48. The number of halogens is 1. The van der Waals surface area contributed by atoms with Crippen molar-refractivity contribution in [1.82, 2.24) is 9.88 Å². The van der Waals surface area contributed by atoms with Crippen LogP contribution in [-0.2, 0) is 22.4 Å². The molecule has 0 bridgehead atoms. The average molecular weight is 417 g/mol. The number of benzene rings is 1. The smallest absolute Gasteiger partial charge is 0.227 e. The van der Waals surface area contributed by atoms with Gasteiger partial charge < -0.3 is 15.1 Å². The normalized spacial score (nSPS) is 19.0. The van der Waals surface area contributed by atoms with E-state index >= 15 is 0 Å². The molecule has 154 valence electrons. The zero-order chi connectivity index (χ0) is 20.4. The van der Waals surface area contributed by atoms with E-state index in [0.717, 1.165) is 54.7 Å². The van der Waals surface area contributed by atoms with Crippen LogP contribution in [-0.4, -0.2) is 47.9 Å². The summed E-state index contributed by atoms with van der Waals surface area (Å²) in [7, 11) is 0. The van der Waals surface area contributed by atoms with E-state index in [0.29, 0.717) is 12.8 Å². The van der Waals surface area contributed by atoms with Gasteiger partial charge in [-0.25, -0.2) is 9.37 Å². The molecule has 0 unspecified atom stereocenters. The number of aromatic nitrogens is 1. The first-order chi connectivity index (χ1) is 14.0. The number of nitrogens with one attached hydrogen (secondary N) is 1. The van der Waals surface area contributed by atoms with Gasteiger partial charge in [0, 0.05) is 43.4 Å². The van der Waals surface area contributed by atoms with Crippen LogP contribution in [0.15, 0.2) is 24.3 Å². The number of fused-ring (bicyclic) bond motifs is 1. The second-order valence-corrected chi connectivity index (χ2v) is 8.56. The standard InChI is InChI=1S/C21H25FN4O2S/c1-2-19(27)25-9-11-26(12-10-25)21-24-17-8-7-14(13-18(17)29-21)20(28)23-16-6-4-3-5-15(16)22/h3-6,14H,2,7-13H2,1H3,(H,23,28)/t14-/m1/s1. The Morgan fingerprint density at radius 3 is 2.72 bits per heavy atom. The minimum Gasteiger partial charge on any atom is -0.345 e. The van der Waals surface area contributed by atoms with Gasteiger partial charge in [-0.1, -0.05) is 19.1 Å². The van der Waals surface area contributed by atoms with E-state index in [-0.39, 0.29) is 23.4 Å². The number of nitrogens with zero attached hydrogens (tertiary/aromatic N) is 3. The number of hydrogen-bond donors (Lipinski definition) is 1. The quantitative estimate of drug-likeness (QED) is 0.832. The summed E-state index contributed by atoms with van der Waals surface area (Å²) in [5.41, 5.74) is 1.31. The number of aryl methyl sites for hydroxylation is 1. The summed E-state index contributed by atoms with van der Waals surface area (Å²) < 4.78 is 13.8. The summed E-state index contributed by atoms with van der Waals surface area (Å²) in [6.45, 7) is 4.92. The molecule has 2 amide bonds. The van der Waals surface area contributed by atoms with Gasteiger partial charge in [-0.15, -0.1) is 11.3 Å². The minimum absolute atomic E-state index is 0.137. The first-order valence-corrected chi connectivity index (χ1v) is 10.9. The maximum atomic E-state index is 13.8. The molecule has 1 aromatic heterocycles. The summed E-state index contributed by atoms with van der Waals surface area (Å²) in [4.78, 5) is 34.6. The highest BCUT2D eigenvalue weighted by Gasteiger charge is 2.30. The molecule has 0 spiro atoms. The first-order valence-electron chi connectivity index (χ1n) is 10.1. The van der Waals surface area contributed by atoms with Crippen molar-refractivity contribution >= 4 is 34.0 Å². The third kappa shape index (κ3) is 4.27. The van der Waals surface area contributed by atoms with Gasteiger partial charge in [0.15, 0.2) is 5.13 Å². The molecule has 2 heterocycles. The van der Waals surface area contributed by atoms with E-state index in [1.165, 1.54) is 6.07 Å². The van der Waals surface area contributed by atoms with Crippen molar-refractivity contribution < 1.29 is 14.0 Å². The van der Waals surface area contributed by atoms with Gasteiger partial charge >= 0.3 is 0 Å². The Morgan fingerprint density at radius 2 is 2.00 bits per heavy atom. The van der Waals surface area contributed by atoms with Crippen molar-refractivity contribution in [2.45, 2.75) is 32.6 Å². The molecule has 2 aliphatic rings. The highest BCUT2D eigenvalue weighted by atomic mass is 32.1. The Bertz CT molecular complexity index is 908. The molecule has 4 rings (SSSR count). The maximum Gasteiger partial charge on any atom is 0.227 e. The average Bonchev–Trinajstić information content (AvgIpc) is 3.18. The molecular weight excluding hydrogens is 391 g/mol. The van der Waals surface area contributed by atoms with Crippen LogP contribution >= 0.6 is 11.3 Å². The van der Waals surface area contributed by atoms with Crippen LogP contribution < -0.4 is 10.2 Å². The third-order valence-corrected chi connectivity index (χ3v) is 6.82. The van der Waals surface area contributed by atoms with E-state index in [1.807, 2.05) is 11.8 Å². The molecule has 1 fully saturated rings. The highest BCUT2D eigenvalue weighted by molar-refractivity contribution is 7.15. The number of thiazole rings is 1. The fourth-order valence-corrected chi connectivity index (χ4v) is 5.13. The van der Waals surface area contributed by atoms with Crippen LogP contribution in [0.3, 0.4) is 0 Å². The van der Waals surface area contributed by atoms with Crippen molar-refractivity contribution in [3.8, 4) is 0 Å². The molecule has 1 N–H and O–H groups in total. The fourth-order valence-electron chi connectivity index (χ4n) is 3.89. The van der Waals surface area contributed by atoms with Crippen LogP contribution in [0.4, 0.5) is 15.2 Å². The zero-order valence-electron chi connectivity index (χ0n) is 16.5. The van der Waals surface area contributed by atoms with E-state index < -0.39 is 5.82 Å². The van der Waals surface area contributed by atoms with Crippen molar-refractivity contribution in [3.63, 3.8) is 0 Å². The molecule has 1 aromatic carbocycles. The monoisotopic (exact) mass is 416 g/mol. The molecule has 1 aliphatic carbocycles. The third-order valence-electron chi connectivity index (χ3n) is 5.64. The number of piperazine rings is 1. The summed E-state index contributed by atoms with van der Waals surface area (Å²) in [5.74, 6) is -0.526. The summed E-state index contributed by atoms with van der Waals surface area (Å²) >= 11 is 1.65. The van der Waals surface area contributed by atoms with E-state index in [1.54, 1.807) is 29.5 Å². The lowest BCUT2D eigenvalue weighted by molar-refractivity contribution is -0.131. The first kappa shape index (κ1) is 19.8. The van der Waals surface area contributed by atoms with Gasteiger partial charge in [0.1, 0.15) is 5.82 Å².